The molecule has 3 nitrogen and oxygen atoms in total. The van der Waals surface area contributed by atoms with E-state index in [0.29, 0.717) is 11.7 Å². The van der Waals surface area contributed by atoms with Crippen LogP contribution < -0.4 is 5.32 Å². The summed E-state index contributed by atoms with van der Waals surface area (Å²) < 4.78 is 0. The summed E-state index contributed by atoms with van der Waals surface area (Å²) in [6.07, 6.45) is 6.03. The van der Waals surface area contributed by atoms with Crippen molar-refractivity contribution in [2.75, 3.05) is 0 Å². The van der Waals surface area contributed by atoms with E-state index in [2.05, 4.69) is 17.2 Å². The van der Waals surface area contributed by atoms with Crippen molar-refractivity contribution < 1.29 is 4.79 Å². The van der Waals surface area contributed by atoms with E-state index in [1.54, 1.807) is 10.9 Å². The highest BCUT2D eigenvalue weighted by molar-refractivity contribution is 7.07. The van der Waals surface area contributed by atoms with Crippen LogP contribution in [-0.2, 0) is 0 Å². The number of hydrogen-bond acceptors (Lipinski definition) is 3. The monoisotopic (exact) mass is 238 g/mol. The molecule has 16 heavy (non-hydrogen) atoms. The molecular weight excluding hydrogens is 220 g/mol. The van der Waals surface area contributed by atoms with Gasteiger partial charge in [0.15, 0.2) is 0 Å². The van der Waals surface area contributed by atoms with E-state index >= 15 is 0 Å². The first kappa shape index (κ1) is 11.6. The minimum Gasteiger partial charge on any atom is -0.348 e. The van der Waals surface area contributed by atoms with E-state index in [-0.39, 0.29) is 5.91 Å². The van der Waals surface area contributed by atoms with Gasteiger partial charge in [-0.2, -0.15) is 0 Å². The molecule has 2 rings (SSSR count). The Labute approximate surface area is 100 Å². The van der Waals surface area contributed by atoms with Gasteiger partial charge in [-0.3, -0.25) is 4.79 Å². The lowest BCUT2D eigenvalue weighted by Gasteiger charge is -2.28. The fraction of sp³-hybridized carbons (Fsp3) is 0.667. The van der Waals surface area contributed by atoms with Gasteiger partial charge in [-0.05, 0) is 18.8 Å². The van der Waals surface area contributed by atoms with Gasteiger partial charge in [-0.25, -0.2) is 4.98 Å². The number of nitrogens with one attached hydrogen (secondary N) is 1. The van der Waals surface area contributed by atoms with Gasteiger partial charge in [0.1, 0.15) is 5.69 Å². The highest BCUT2D eigenvalue weighted by atomic mass is 32.1. The number of aromatic nitrogens is 1. The largest absolute Gasteiger partial charge is 0.348 e. The minimum atomic E-state index is -0.0111. The molecule has 1 aliphatic carbocycles. The molecule has 4 heteroatoms. The molecule has 0 aromatic carbocycles. The fourth-order valence-electron chi connectivity index (χ4n) is 2.38. The van der Waals surface area contributed by atoms with Crippen molar-refractivity contribution in [1.82, 2.24) is 10.3 Å². The number of thiazole rings is 1. The van der Waals surface area contributed by atoms with Crippen LogP contribution in [0.25, 0.3) is 0 Å². The summed E-state index contributed by atoms with van der Waals surface area (Å²) in [6, 6.07) is 0.355. The van der Waals surface area contributed by atoms with Crippen molar-refractivity contribution in [2.45, 2.75) is 45.1 Å². The zero-order valence-corrected chi connectivity index (χ0v) is 10.4. The molecule has 1 aromatic heterocycles. The molecule has 0 spiro atoms. The van der Waals surface area contributed by atoms with Gasteiger partial charge in [-0.15, -0.1) is 11.3 Å². The molecule has 1 heterocycles. The standard InChI is InChI=1S/C12H18N2OS/c1-2-9-4-3-5-10(6-9)14-12(15)11-7-16-8-13-11/h7-10H,2-6H2,1H3,(H,14,15). The molecule has 0 saturated heterocycles. The van der Waals surface area contributed by atoms with Crippen LogP contribution in [0.15, 0.2) is 10.9 Å². The zero-order chi connectivity index (χ0) is 11.4. The van der Waals surface area contributed by atoms with Gasteiger partial charge >= 0.3 is 0 Å². The van der Waals surface area contributed by atoms with Crippen molar-refractivity contribution >= 4 is 17.2 Å². The second-order valence-electron chi connectivity index (χ2n) is 4.48. The Hall–Kier alpha value is -0.900. The van der Waals surface area contributed by atoms with Crippen LogP contribution in [-0.4, -0.2) is 16.9 Å². The van der Waals surface area contributed by atoms with Gasteiger partial charge in [0.05, 0.1) is 5.51 Å². The minimum absolute atomic E-state index is 0.0111. The van der Waals surface area contributed by atoms with Crippen LogP contribution in [0.4, 0.5) is 0 Å². The predicted octanol–water partition coefficient (Wildman–Crippen LogP) is 2.84. The first-order chi connectivity index (χ1) is 7.79. The molecule has 0 bridgehead atoms. The molecule has 1 aromatic rings. The second kappa shape index (κ2) is 5.43. The highest BCUT2D eigenvalue weighted by Crippen LogP contribution is 2.26. The summed E-state index contributed by atoms with van der Waals surface area (Å²) in [7, 11) is 0. The van der Waals surface area contributed by atoms with E-state index in [9.17, 15) is 4.79 Å². The van der Waals surface area contributed by atoms with E-state index < -0.39 is 0 Å². The number of carbonyl (C=O) groups is 1. The van der Waals surface area contributed by atoms with Crippen LogP contribution in [0.2, 0.25) is 0 Å². The molecule has 1 aliphatic rings. The Morgan fingerprint density at radius 2 is 2.50 bits per heavy atom. The third-order valence-electron chi connectivity index (χ3n) is 3.36. The van der Waals surface area contributed by atoms with Crippen molar-refractivity contribution in [3.8, 4) is 0 Å². The quantitative estimate of drug-likeness (QED) is 0.879. The molecule has 0 radical (unpaired) electrons. The van der Waals surface area contributed by atoms with Crippen LogP contribution in [0.1, 0.15) is 49.5 Å². The lowest BCUT2D eigenvalue weighted by Crippen LogP contribution is -2.38. The maximum Gasteiger partial charge on any atom is 0.270 e. The maximum absolute atomic E-state index is 11.8. The zero-order valence-electron chi connectivity index (χ0n) is 9.61. The highest BCUT2D eigenvalue weighted by Gasteiger charge is 2.22. The molecule has 1 fully saturated rings. The van der Waals surface area contributed by atoms with Crippen molar-refractivity contribution in [1.29, 1.82) is 0 Å². The molecule has 1 amide bonds. The maximum atomic E-state index is 11.8. The molecular formula is C12H18N2OS. The van der Waals surface area contributed by atoms with Gasteiger partial charge in [0.25, 0.3) is 5.91 Å². The molecule has 2 atom stereocenters. The first-order valence-corrected chi connectivity index (χ1v) is 6.93. The average Bonchev–Trinajstić information content (AvgIpc) is 2.83. The number of carbonyl (C=O) groups excluding carboxylic acids is 1. The summed E-state index contributed by atoms with van der Waals surface area (Å²) in [6.45, 7) is 2.23. The first-order valence-electron chi connectivity index (χ1n) is 5.98. The lowest BCUT2D eigenvalue weighted by atomic mass is 9.84. The fourth-order valence-corrected chi connectivity index (χ4v) is 2.91. The summed E-state index contributed by atoms with van der Waals surface area (Å²) in [5.74, 6) is 0.775. The van der Waals surface area contributed by atoms with Crippen LogP contribution in [0.3, 0.4) is 0 Å². The van der Waals surface area contributed by atoms with Gasteiger partial charge in [0, 0.05) is 11.4 Å². The van der Waals surface area contributed by atoms with Crippen molar-refractivity contribution in [3.05, 3.63) is 16.6 Å². The third kappa shape index (κ3) is 2.82. The Morgan fingerprint density at radius 1 is 1.62 bits per heavy atom. The van der Waals surface area contributed by atoms with Crippen molar-refractivity contribution in [3.63, 3.8) is 0 Å². The second-order valence-corrected chi connectivity index (χ2v) is 5.20. The average molecular weight is 238 g/mol. The lowest BCUT2D eigenvalue weighted by molar-refractivity contribution is 0.0915. The normalized spacial score (nSPS) is 25.3. The van der Waals surface area contributed by atoms with Gasteiger partial charge in [-0.1, -0.05) is 26.2 Å². The summed E-state index contributed by atoms with van der Waals surface area (Å²) in [5, 5.41) is 4.89. The summed E-state index contributed by atoms with van der Waals surface area (Å²) in [5.41, 5.74) is 2.26. The third-order valence-corrected chi connectivity index (χ3v) is 3.95. The smallest absolute Gasteiger partial charge is 0.270 e. The molecule has 1 saturated carbocycles. The van der Waals surface area contributed by atoms with E-state index in [1.807, 2.05) is 0 Å². The number of hydrogen-bond donors (Lipinski definition) is 1. The number of rotatable bonds is 3. The number of amides is 1. The topological polar surface area (TPSA) is 42.0 Å². The van der Waals surface area contributed by atoms with Gasteiger partial charge in [0.2, 0.25) is 0 Å². The Morgan fingerprint density at radius 3 is 3.19 bits per heavy atom. The molecule has 1 N–H and O–H groups in total. The van der Waals surface area contributed by atoms with Crippen LogP contribution in [0.5, 0.6) is 0 Å². The Kier molecular flexibility index (Phi) is 3.93. The van der Waals surface area contributed by atoms with Crippen molar-refractivity contribution in [2.24, 2.45) is 5.92 Å². The molecule has 0 aliphatic heterocycles. The SMILES string of the molecule is CCC1CCCC(NC(=O)c2cscn2)C1. The summed E-state index contributed by atoms with van der Waals surface area (Å²) in [4.78, 5) is 15.8. The predicted molar refractivity (Wildman–Crippen MR) is 65.6 cm³/mol. The van der Waals surface area contributed by atoms with Crippen LogP contribution >= 0.6 is 11.3 Å². The van der Waals surface area contributed by atoms with E-state index in [1.165, 1.54) is 30.6 Å². The van der Waals surface area contributed by atoms with Gasteiger partial charge < -0.3 is 5.32 Å². The van der Waals surface area contributed by atoms with E-state index in [0.717, 1.165) is 18.8 Å². The molecule has 2 unspecified atom stereocenters. The van der Waals surface area contributed by atoms with E-state index in [4.69, 9.17) is 0 Å². The Bertz CT molecular complexity index is 337. The summed E-state index contributed by atoms with van der Waals surface area (Å²) >= 11 is 1.46. The Balaban J connectivity index is 1.87. The number of nitrogens with zero attached hydrogens (tertiary/aromatic N) is 1. The van der Waals surface area contributed by atoms with Crippen LogP contribution in [0, 0.1) is 5.92 Å². The molecule has 88 valence electrons.